The summed E-state index contributed by atoms with van der Waals surface area (Å²) in [6.45, 7) is 14.2. The summed E-state index contributed by atoms with van der Waals surface area (Å²) in [7, 11) is 0. The molecule has 1 nitrogen and oxygen atoms in total. The van der Waals surface area contributed by atoms with Crippen molar-refractivity contribution in [3.8, 4) is 0 Å². The molecule has 1 heteroatoms. The molecule has 0 bridgehead atoms. The Hall–Kier alpha value is -1.11. The second-order valence-corrected chi connectivity index (χ2v) is 3.89. The van der Waals surface area contributed by atoms with Gasteiger partial charge in [0.25, 0.3) is 0 Å². The third-order valence-electron chi connectivity index (χ3n) is 2.03. The molecule has 0 aliphatic heterocycles. The average molecular weight is 191 g/mol. The first-order chi connectivity index (χ1) is 6.49. The Morgan fingerprint density at radius 3 is 2.14 bits per heavy atom. The van der Waals surface area contributed by atoms with Gasteiger partial charge < -0.3 is 0 Å². The monoisotopic (exact) mass is 191 g/mol. The van der Waals surface area contributed by atoms with E-state index in [9.17, 15) is 0 Å². The molecule has 0 radical (unpaired) electrons. The zero-order valence-electron chi connectivity index (χ0n) is 9.96. The van der Waals surface area contributed by atoms with E-state index in [1.165, 1.54) is 5.57 Å². The Bertz CT molecular complexity index is 274. The number of nitrogens with zero attached hydrogens (tertiary/aromatic N) is 1. The molecule has 0 aromatic carbocycles. The van der Waals surface area contributed by atoms with Crippen LogP contribution in [0.4, 0.5) is 0 Å². The van der Waals surface area contributed by atoms with Crippen LogP contribution in [0.2, 0.25) is 0 Å². The third-order valence-corrected chi connectivity index (χ3v) is 2.03. The minimum Gasteiger partial charge on any atom is -0.258 e. The smallest absolute Gasteiger partial charge is 0.0615 e. The van der Waals surface area contributed by atoms with Gasteiger partial charge in [0.15, 0.2) is 0 Å². The Balaban J connectivity index is 4.90. The minimum absolute atomic E-state index is 0.501. The van der Waals surface area contributed by atoms with E-state index in [0.717, 1.165) is 11.4 Å². The van der Waals surface area contributed by atoms with E-state index in [4.69, 9.17) is 0 Å². The van der Waals surface area contributed by atoms with Crippen molar-refractivity contribution in [3.05, 3.63) is 36.1 Å². The first-order valence-corrected chi connectivity index (χ1v) is 5.00. The third kappa shape index (κ3) is 4.80. The van der Waals surface area contributed by atoms with E-state index in [1.54, 1.807) is 6.08 Å². The van der Waals surface area contributed by atoms with Gasteiger partial charge in [0.1, 0.15) is 0 Å². The van der Waals surface area contributed by atoms with Gasteiger partial charge in [-0.05, 0) is 32.8 Å². The van der Waals surface area contributed by atoms with Crippen molar-refractivity contribution < 1.29 is 0 Å². The second-order valence-electron chi connectivity index (χ2n) is 3.89. The summed E-state index contributed by atoms with van der Waals surface area (Å²) < 4.78 is 0. The van der Waals surface area contributed by atoms with Crippen molar-refractivity contribution in [1.29, 1.82) is 0 Å². The SMILES string of the molecule is C=C/C=C\C(/N=C(\C)C(C)C)=C(C)C. The van der Waals surface area contributed by atoms with Gasteiger partial charge in [-0.25, -0.2) is 0 Å². The molecule has 0 aliphatic rings. The van der Waals surface area contributed by atoms with E-state index in [0.29, 0.717) is 5.92 Å². The first-order valence-electron chi connectivity index (χ1n) is 5.00. The summed E-state index contributed by atoms with van der Waals surface area (Å²) in [4.78, 5) is 4.57. The minimum atomic E-state index is 0.501. The van der Waals surface area contributed by atoms with E-state index < -0.39 is 0 Å². The summed E-state index contributed by atoms with van der Waals surface area (Å²) in [5, 5.41) is 0. The number of rotatable bonds is 4. The molecule has 0 heterocycles. The van der Waals surface area contributed by atoms with Gasteiger partial charge in [-0.1, -0.05) is 38.2 Å². The van der Waals surface area contributed by atoms with Crippen molar-refractivity contribution in [2.75, 3.05) is 0 Å². The summed E-state index contributed by atoms with van der Waals surface area (Å²) in [5.41, 5.74) is 3.43. The number of aliphatic imine (C=N–C) groups is 1. The molecule has 0 atom stereocenters. The van der Waals surface area contributed by atoms with Gasteiger partial charge in [0, 0.05) is 5.71 Å². The van der Waals surface area contributed by atoms with Crippen LogP contribution in [0.25, 0.3) is 0 Å². The van der Waals surface area contributed by atoms with Crippen LogP contribution in [0.1, 0.15) is 34.6 Å². The van der Waals surface area contributed by atoms with Gasteiger partial charge in [-0.15, -0.1) is 0 Å². The number of hydrogen-bond donors (Lipinski definition) is 0. The predicted octanol–water partition coefficient (Wildman–Crippen LogP) is 4.14. The lowest BCUT2D eigenvalue weighted by atomic mass is 10.1. The summed E-state index contributed by atoms with van der Waals surface area (Å²) in [6, 6.07) is 0. The Labute approximate surface area is 87.9 Å². The molecule has 0 aromatic rings. The van der Waals surface area contributed by atoms with Crippen molar-refractivity contribution in [2.45, 2.75) is 34.6 Å². The summed E-state index contributed by atoms with van der Waals surface area (Å²) >= 11 is 0. The van der Waals surface area contributed by atoms with Crippen LogP contribution in [0.3, 0.4) is 0 Å². The van der Waals surface area contributed by atoms with Crippen LogP contribution < -0.4 is 0 Å². The zero-order chi connectivity index (χ0) is 11.1. The maximum absolute atomic E-state index is 4.57. The molecule has 14 heavy (non-hydrogen) atoms. The molecule has 0 rings (SSSR count). The highest BCUT2D eigenvalue weighted by atomic mass is 14.8. The molecule has 0 spiro atoms. The molecule has 0 saturated carbocycles. The van der Waals surface area contributed by atoms with Crippen LogP contribution in [0.5, 0.6) is 0 Å². The van der Waals surface area contributed by atoms with Crippen molar-refractivity contribution in [2.24, 2.45) is 10.9 Å². The highest BCUT2D eigenvalue weighted by Crippen LogP contribution is 2.10. The van der Waals surface area contributed by atoms with E-state index in [-0.39, 0.29) is 0 Å². The Morgan fingerprint density at radius 2 is 1.79 bits per heavy atom. The molecule has 0 fully saturated rings. The number of allylic oxidation sites excluding steroid dienone is 4. The van der Waals surface area contributed by atoms with Crippen LogP contribution in [-0.4, -0.2) is 5.71 Å². The largest absolute Gasteiger partial charge is 0.258 e. The molecule has 0 amide bonds. The number of hydrogen-bond acceptors (Lipinski definition) is 1. The molecule has 0 saturated heterocycles. The standard InChI is InChI=1S/C13H21N/c1-7-8-9-13(11(4)5)14-12(6)10(2)3/h7-10H,1H2,2-6H3/b9-8-,14-12+. The van der Waals surface area contributed by atoms with Crippen molar-refractivity contribution in [1.82, 2.24) is 0 Å². The highest BCUT2D eigenvalue weighted by molar-refractivity contribution is 5.84. The maximum Gasteiger partial charge on any atom is 0.0615 e. The Morgan fingerprint density at radius 1 is 1.21 bits per heavy atom. The lowest BCUT2D eigenvalue weighted by Crippen LogP contribution is -2.02. The van der Waals surface area contributed by atoms with Gasteiger partial charge in [-0.2, -0.15) is 0 Å². The average Bonchev–Trinajstić information content (AvgIpc) is 2.10. The predicted molar refractivity (Wildman–Crippen MR) is 65.7 cm³/mol. The molecule has 78 valence electrons. The first kappa shape index (κ1) is 12.9. The summed E-state index contributed by atoms with van der Waals surface area (Å²) in [5.74, 6) is 0.501. The fraction of sp³-hybridized carbons (Fsp3) is 0.462. The molecule has 0 aromatic heterocycles. The van der Waals surface area contributed by atoms with E-state index >= 15 is 0 Å². The van der Waals surface area contributed by atoms with Crippen LogP contribution in [0.15, 0.2) is 41.1 Å². The second kappa shape index (κ2) is 6.36. The van der Waals surface area contributed by atoms with Crippen LogP contribution in [0, 0.1) is 5.92 Å². The fourth-order valence-corrected chi connectivity index (χ4v) is 0.794. The van der Waals surface area contributed by atoms with Crippen LogP contribution in [-0.2, 0) is 0 Å². The topological polar surface area (TPSA) is 12.4 Å². The lowest BCUT2D eigenvalue weighted by molar-refractivity contribution is 0.875. The fourth-order valence-electron chi connectivity index (χ4n) is 0.794. The molecular weight excluding hydrogens is 170 g/mol. The molecular formula is C13H21N. The maximum atomic E-state index is 4.57. The van der Waals surface area contributed by atoms with Gasteiger partial charge >= 0.3 is 0 Å². The van der Waals surface area contributed by atoms with Gasteiger partial charge in [0.2, 0.25) is 0 Å². The lowest BCUT2D eigenvalue weighted by Gasteiger charge is -2.05. The van der Waals surface area contributed by atoms with Gasteiger partial charge in [-0.3, -0.25) is 4.99 Å². The zero-order valence-corrected chi connectivity index (χ0v) is 9.96. The molecule has 0 unspecified atom stereocenters. The molecule has 0 N–H and O–H groups in total. The van der Waals surface area contributed by atoms with Crippen molar-refractivity contribution >= 4 is 5.71 Å². The summed E-state index contributed by atoms with van der Waals surface area (Å²) in [6.07, 6.45) is 5.68. The Kier molecular flexibility index (Phi) is 5.86. The normalized spacial score (nSPS) is 12.3. The van der Waals surface area contributed by atoms with E-state index in [1.807, 2.05) is 12.2 Å². The highest BCUT2D eigenvalue weighted by Gasteiger charge is 1.99. The van der Waals surface area contributed by atoms with E-state index in [2.05, 4.69) is 46.2 Å². The van der Waals surface area contributed by atoms with Gasteiger partial charge in [0.05, 0.1) is 5.70 Å². The molecule has 0 aliphatic carbocycles. The quantitative estimate of drug-likeness (QED) is 0.468. The van der Waals surface area contributed by atoms with Crippen molar-refractivity contribution in [3.63, 3.8) is 0 Å². The van der Waals surface area contributed by atoms with Crippen LogP contribution >= 0.6 is 0 Å².